The zero-order valence-electron chi connectivity index (χ0n) is 18.7. The van der Waals surface area contributed by atoms with Crippen molar-refractivity contribution in [2.45, 2.75) is 62.0 Å². The highest BCUT2D eigenvalue weighted by Gasteiger charge is 2.71. The Hall–Kier alpha value is -1.63. The molecule has 1 heterocycles. The van der Waals surface area contributed by atoms with E-state index in [9.17, 15) is 9.59 Å². The number of rotatable bonds is 5. The standard InChI is InChI=1S/C24H32N2O4.ClH/c1-26(14-15-4-5-15)11-10-23-13-17(27)8-9-24(23,30-3)19(26)12-16-6-7-18(22(25)28)21(29-2)20(16)23;/h6-7,15,19H,4-5,8-14H2,1-3H3,(H-,25,28);1H/t19?,23?,24-,26+;/m1./s1. The molecule has 1 saturated heterocycles. The van der Waals surface area contributed by atoms with Crippen LogP contribution in [0.2, 0.25) is 0 Å². The smallest absolute Gasteiger partial charge is 0.252 e. The van der Waals surface area contributed by atoms with Gasteiger partial charge in [-0.05, 0) is 30.9 Å². The lowest BCUT2D eigenvalue weighted by Crippen LogP contribution is -3.00. The van der Waals surface area contributed by atoms with Gasteiger partial charge in [0, 0.05) is 49.7 Å². The Kier molecular flexibility index (Phi) is 5.43. The number of piperidine rings is 1. The lowest BCUT2D eigenvalue weighted by atomic mass is 9.48. The molecule has 3 fully saturated rings. The molecule has 2 saturated carbocycles. The number of carbonyl (C=O) groups excluding carboxylic acids is 2. The Balaban J connectivity index is 0.00000231. The second-order valence-electron chi connectivity index (χ2n) is 10.2. The quantitative estimate of drug-likeness (QED) is 0.608. The lowest BCUT2D eigenvalue weighted by Gasteiger charge is -2.66. The van der Waals surface area contributed by atoms with Crippen LogP contribution in [0.4, 0.5) is 0 Å². The van der Waals surface area contributed by atoms with E-state index in [0.29, 0.717) is 30.2 Å². The van der Waals surface area contributed by atoms with Gasteiger partial charge in [-0.15, -0.1) is 0 Å². The first-order valence-corrected chi connectivity index (χ1v) is 11.2. The average molecular weight is 449 g/mol. The van der Waals surface area contributed by atoms with Gasteiger partial charge in [-0.3, -0.25) is 9.59 Å². The number of amides is 1. The number of ether oxygens (including phenoxy) is 2. The van der Waals surface area contributed by atoms with Gasteiger partial charge in [0.15, 0.2) is 0 Å². The molecule has 2 bridgehead atoms. The minimum absolute atomic E-state index is 0. The van der Waals surface area contributed by atoms with Crippen LogP contribution in [0.5, 0.6) is 5.75 Å². The van der Waals surface area contributed by atoms with Gasteiger partial charge in [0.05, 0.1) is 32.8 Å². The van der Waals surface area contributed by atoms with Gasteiger partial charge < -0.3 is 32.1 Å². The van der Waals surface area contributed by atoms with Crippen molar-refractivity contribution in [2.24, 2.45) is 11.7 Å². The molecule has 2 unspecified atom stereocenters. The maximum absolute atomic E-state index is 12.9. The Labute approximate surface area is 190 Å². The largest absolute Gasteiger partial charge is 1.00 e. The molecule has 170 valence electrons. The number of nitrogens with two attached hydrogens (primary N) is 1. The molecular weight excluding hydrogens is 416 g/mol. The highest BCUT2D eigenvalue weighted by molar-refractivity contribution is 5.97. The van der Waals surface area contributed by atoms with Gasteiger partial charge in [0.1, 0.15) is 23.2 Å². The normalized spacial score (nSPS) is 36.1. The molecule has 2 N–H and O–H groups in total. The summed E-state index contributed by atoms with van der Waals surface area (Å²) < 4.78 is 13.3. The third kappa shape index (κ3) is 2.98. The van der Waals surface area contributed by atoms with Crippen molar-refractivity contribution < 1.29 is 36.0 Å². The number of likely N-dealkylation sites (N-methyl/N-ethyl adjacent to an activating group) is 1. The summed E-state index contributed by atoms with van der Waals surface area (Å²) in [5, 5.41) is 0. The lowest BCUT2D eigenvalue weighted by molar-refractivity contribution is -0.950. The van der Waals surface area contributed by atoms with Crippen molar-refractivity contribution in [3.63, 3.8) is 0 Å². The molecular formula is C24H33ClN2O4. The first-order valence-electron chi connectivity index (χ1n) is 11.2. The van der Waals surface area contributed by atoms with Crippen molar-refractivity contribution in [2.75, 3.05) is 34.4 Å². The monoisotopic (exact) mass is 448 g/mol. The number of ketones is 1. The van der Waals surface area contributed by atoms with E-state index < -0.39 is 16.9 Å². The Morgan fingerprint density at radius 3 is 2.61 bits per heavy atom. The molecule has 1 aliphatic heterocycles. The van der Waals surface area contributed by atoms with Crippen LogP contribution in [0, 0.1) is 5.92 Å². The molecule has 7 heteroatoms. The zero-order chi connectivity index (χ0) is 21.3. The fourth-order valence-corrected chi connectivity index (χ4v) is 7.32. The predicted octanol–water partition coefficient (Wildman–Crippen LogP) is -0.641. The van der Waals surface area contributed by atoms with Crippen molar-refractivity contribution in [1.29, 1.82) is 0 Å². The number of Topliss-reactive ketones (excluding diaryl/α,β-unsaturated/α-hetero) is 1. The fourth-order valence-electron chi connectivity index (χ4n) is 7.32. The molecule has 31 heavy (non-hydrogen) atoms. The molecule has 1 aromatic rings. The maximum Gasteiger partial charge on any atom is 0.252 e. The summed E-state index contributed by atoms with van der Waals surface area (Å²) in [5.74, 6) is 1.14. The number of hydrogen-bond acceptors (Lipinski definition) is 4. The highest BCUT2D eigenvalue weighted by atomic mass is 35.5. The number of methoxy groups -OCH3 is 2. The van der Waals surface area contributed by atoms with E-state index in [1.807, 2.05) is 13.2 Å². The molecule has 0 spiro atoms. The maximum atomic E-state index is 12.9. The number of carbonyl (C=O) groups is 2. The number of fused-ring (bicyclic) bond motifs is 1. The Bertz CT molecular complexity index is 932. The number of primary amides is 1. The summed E-state index contributed by atoms with van der Waals surface area (Å²) in [5.41, 5.74) is 7.38. The van der Waals surface area contributed by atoms with Gasteiger partial charge >= 0.3 is 0 Å². The van der Waals surface area contributed by atoms with Crippen molar-refractivity contribution in [1.82, 2.24) is 0 Å². The number of likely N-dealkylation sites (tertiary alicyclic amines) is 1. The van der Waals surface area contributed by atoms with E-state index in [2.05, 4.69) is 7.05 Å². The first-order chi connectivity index (χ1) is 14.3. The number of hydrogen-bond donors (Lipinski definition) is 1. The SMILES string of the molecule is COc1c(C(N)=O)ccc2c1C13CC[N@@+](C)(CC4CC4)C(C2)[C@]1(OC)CCC(=O)C3.[Cl-]. The number of quaternary nitrogens is 1. The van der Waals surface area contributed by atoms with E-state index in [1.165, 1.54) is 24.9 Å². The molecule has 0 aromatic heterocycles. The van der Waals surface area contributed by atoms with E-state index >= 15 is 0 Å². The van der Waals surface area contributed by atoms with Crippen molar-refractivity contribution in [3.8, 4) is 5.75 Å². The van der Waals surface area contributed by atoms with Crippen LogP contribution in [0.15, 0.2) is 12.1 Å². The average Bonchev–Trinajstić information content (AvgIpc) is 3.53. The second kappa shape index (κ2) is 7.46. The van der Waals surface area contributed by atoms with Gasteiger partial charge in [0.25, 0.3) is 5.91 Å². The summed E-state index contributed by atoms with van der Waals surface area (Å²) in [7, 11) is 5.81. The van der Waals surface area contributed by atoms with Crippen LogP contribution in [-0.4, -0.2) is 62.2 Å². The van der Waals surface area contributed by atoms with Crippen LogP contribution in [-0.2, 0) is 21.4 Å². The molecule has 0 radical (unpaired) electrons. The summed E-state index contributed by atoms with van der Waals surface area (Å²) in [4.78, 5) is 25.0. The Morgan fingerprint density at radius 1 is 1.26 bits per heavy atom. The van der Waals surface area contributed by atoms with E-state index in [-0.39, 0.29) is 18.2 Å². The third-order valence-electron chi connectivity index (χ3n) is 8.77. The van der Waals surface area contributed by atoms with E-state index in [0.717, 1.165) is 41.8 Å². The molecule has 3 aliphatic carbocycles. The van der Waals surface area contributed by atoms with Crippen LogP contribution in [0.3, 0.4) is 0 Å². The zero-order valence-corrected chi connectivity index (χ0v) is 19.5. The fraction of sp³-hybridized carbons (Fsp3) is 0.667. The molecule has 1 aromatic carbocycles. The third-order valence-corrected chi connectivity index (χ3v) is 8.77. The second-order valence-corrected chi connectivity index (χ2v) is 10.2. The Morgan fingerprint density at radius 2 is 2.00 bits per heavy atom. The van der Waals surface area contributed by atoms with Crippen molar-refractivity contribution in [3.05, 3.63) is 28.8 Å². The predicted molar refractivity (Wildman–Crippen MR) is 113 cm³/mol. The van der Waals surface area contributed by atoms with Crippen LogP contribution in [0.25, 0.3) is 0 Å². The molecule has 6 nitrogen and oxygen atoms in total. The number of benzene rings is 1. The minimum atomic E-state index is -0.497. The van der Waals surface area contributed by atoms with E-state index in [4.69, 9.17) is 15.2 Å². The van der Waals surface area contributed by atoms with Crippen molar-refractivity contribution >= 4 is 11.7 Å². The topological polar surface area (TPSA) is 78.6 Å². The summed E-state index contributed by atoms with van der Waals surface area (Å²) >= 11 is 0. The highest BCUT2D eigenvalue weighted by Crippen LogP contribution is 2.62. The van der Waals surface area contributed by atoms with Gasteiger partial charge in [-0.25, -0.2) is 0 Å². The number of halogens is 1. The summed E-state index contributed by atoms with van der Waals surface area (Å²) in [6.45, 7) is 2.20. The van der Waals surface area contributed by atoms with E-state index in [1.54, 1.807) is 13.2 Å². The van der Waals surface area contributed by atoms with Gasteiger partial charge in [-0.1, -0.05) is 6.07 Å². The van der Waals surface area contributed by atoms with Gasteiger partial charge in [-0.2, -0.15) is 0 Å². The molecule has 4 atom stereocenters. The number of nitrogens with zero attached hydrogens (tertiary/aromatic N) is 1. The molecule has 4 aliphatic rings. The summed E-state index contributed by atoms with van der Waals surface area (Å²) in [6.07, 6.45) is 6.13. The van der Waals surface area contributed by atoms with Gasteiger partial charge in [0.2, 0.25) is 0 Å². The van der Waals surface area contributed by atoms with Crippen LogP contribution >= 0.6 is 0 Å². The summed E-state index contributed by atoms with van der Waals surface area (Å²) in [6, 6.07) is 4.13. The van der Waals surface area contributed by atoms with Crippen LogP contribution < -0.4 is 22.9 Å². The van der Waals surface area contributed by atoms with Crippen LogP contribution in [0.1, 0.15) is 60.0 Å². The minimum Gasteiger partial charge on any atom is -1.00 e. The molecule has 1 amide bonds. The molecule has 5 rings (SSSR count). The first kappa shape index (κ1) is 22.6.